The number of piperidine rings is 2. The average molecular weight is 335 g/mol. The molecule has 4 aliphatic heterocycles. The standard InChI is InChI=1S/C20H38N4/c1-4-21-13-19(14-21)23-9-5-18(6-10-23)24-15-20(16-24)7-11-22(12-8-20)17(2)3/h17-19H,4-16H2,1-3H3. The minimum atomic E-state index is 0.693. The fraction of sp³-hybridized carbons (Fsp3) is 1.00. The highest BCUT2D eigenvalue weighted by Gasteiger charge is 2.47. The predicted octanol–water partition coefficient (Wildman–Crippen LogP) is 1.96. The summed E-state index contributed by atoms with van der Waals surface area (Å²) >= 11 is 0. The van der Waals surface area contributed by atoms with Gasteiger partial charge in [0.15, 0.2) is 0 Å². The van der Waals surface area contributed by atoms with E-state index in [2.05, 4.69) is 40.4 Å². The van der Waals surface area contributed by atoms with Crippen molar-refractivity contribution in [3.8, 4) is 0 Å². The highest BCUT2D eigenvalue weighted by atomic mass is 15.3. The van der Waals surface area contributed by atoms with Crippen LogP contribution in [0.5, 0.6) is 0 Å². The van der Waals surface area contributed by atoms with Crippen LogP contribution in [0.4, 0.5) is 0 Å². The third-order valence-corrected chi connectivity index (χ3v) is 7.58. The first-order chi connectivity index (χ1) is 11.6. The second-order valence-corrected chi connectivity index (χ2v) is 9.31. The molecule has 0 aromatic rings. The Balaban J connectivity index is 1.18. The van der Waals surface area contributed by atoms with Gasteiger partial charge in [-0.2, -0.15) is 0 Å². The molecule has 0 unspecified atom stereocenters. The van der Waals surface area contributed by atoms with Crippen LogP contribution in [0.15, 0.2) is 0 Å². The smallest absolute Gasteiger partial charge is 0.0350 e. The molecule has 0 radical (unpaired) electrons. The first-order valence-electron chi connectivity index (χ1n) is 10.5. The molecule has 4 fully saturated rings. The zero-order chi connectivity index (χ0) is 16.7. The van der Waals surface area contributed by atoms with Gasteiger partial charge in [-0.1, -0.05) is 6.92 Å². The molecule has 0 aliphatic carbocycles. The molecule has 4 heterocycles. The van der Waals surface area contributed by atoms with Crippen LogP contribution in [0.25, 0.3) is 0 Å². The van der Waals surface area contributed by atoms with Crippen molar-refractivity contribution in [2.24, 2.45) is 5.41 Å². The van der Waals surface area contributed by atoms with Crippen molar-refractivity contribution in [3.63, 3.8) is 0 Å². The average Bonchev–Trinajstić information content (AvgIpc) is 2.52. The van der Waals surface area contributed by atoms with Gasteiger partial charge in [-0.25, -0.2) is 0 Å². The zero-order valence-electron chi connectivity index (χ0n) is 16.2. The summed E-state index contributed by atoms with van der Waals surface area (Å²) in [4.78, 5) is 10.9. The van der Waals surface area contributed by atoms with Gasteiger partial charge in [0.25, 0.3) is 0 Å². The quantitative estimate of drug-likeness (QED) is 0.779. The van der Waals surface area contributed by atoms with Gasteiger partial charge in [0, 0.05) is 57.4 Å². The molecule has 24 heavy (non-hydrogen) atoms. The normalized spacial score (nSPS) is 31.5. The minimum Gasteiger partial charge on any atom is -0.301 e. The van der Waals surface area contributed by atoms with E-state index in [9.17, 15) is 0 Å². The van der Waals surface area contributed by atoms with E-state index >= 15 is 0 Å². The zero-order valence-corrected chi connectivity index (χ0v) is 16.2. The van der Waals surface area contributed by atoms with Gasteiger partial charge in [-0.05, 0) is 64.6 Å². The van der Waals surface area contributed by atoms with E-state index in [-0.39, 0.29) is 0 Å². The van der Waals surface area contributed by atoms with E-state index in [4.69, 9.17) is 0 Å². The maximum atomic E-state index is 2.83. The van der Waals surface area contributed by atoms with Crippen molar-refractivity contribution in [2.75, 3.05) is 58.9 Å². The minimum absolute atomic E-state index is 0.693. The number of likely N-dealkylation sites (tertiary alicyclic amines) is 4. The summed E-state index contributed by atoms with van der Waals surface area (Å²) in [6, 6.07) is 2.49. The Labute approximate surface area is 149 Å². The van der Waals surface area contributed by atoms with Crippen LogP contribution < -0.4 is 0 Å². The van der Waals surface area contributed by atoms with Crippen LogP contribution in [-0.2, 0) is 0 Å². The van der Waals surface area contributed by atoms with Gasteiger partial charge >= 0.3 is 0 Å². The van der Waals surface area contributed by atoms with Crippen LogP contribution in [0.1, 0.15) is 46.5 Å². The van der Waals surface area contributed by atoms with Crippen molar-refractivity contribution in [1.29, 1.82) is 0 Å². The van der Waals surface area contributed by atoms with E-state index in [0.717, 1.165) is 18.1 Å². The molecule has 0 aromatic carbocycles. The van der Waals surface area contributed by atoms with E-state index in [1.54, 1.807) is 0 Å². The third kappa shape index (κ3) is 3.27. The summed E-state index contributed by atoms with van der Waals surface area (Å²) < 4.78 is 0. The molecular weight excluding hydrogens is 296 g/mol. The number of hydrogen-bond acceptors (Lipinski definition) is 4. The first-order valence-corrected chi connectivity index (χ1v) is 10.5. The predicted molar refractivity (Wildman–Crippen MR) is 100 cm³/mol. The van der Waals surface area contributed by atoms with Gasteiger partial charge in [0.2, 0.25) is 0 Å². The molecular formula is C20H38N4. The number of likely N-dealkylation sites (N-methyl/N-ethyl adjacent to an activating group) is 1. The highest BCUT2D eigenvalue weighted by Crippen LogP contribution is 2.43. The molecule has 4 saturated heterocycles. The Morgan fingerprint density at radius 1 is 0.875 bits per heavy atom. The maximum absolute atomic E-state index is 2.83. The SMILES string of the molecule is CCN1CC(N2CCC(N3CC4(CCN(C(C)C)CC4)C3)CC2)C1. The molecule has 1 spiro atoms. The number of nitrogens with zero attached hydrogens (tertiary/aromatic N) is 4. The lowest BCUT2D eigenvalue weighted by molar-refractivity contribution is -0.0888. The molecule has 4 aliphatic rings. The topological polar surface area (TPSA) is 13.0 Å². The summed E-state index contributed by atoms with van der Waals surface area (Å²) in [5, 5.41) is 0. The first kappa shape index (κ1) is 17.3. The molecule has 0 bridgehead atoms. The second-order valence-electron chi connectivity index (χ2n) is 9.31. The summed E-state index contributed by atoms with van der Waals surface area (Å²) in [6.07, 6.45) is 5.71. The lowest BCUT2D eigenvalue weighted by atomic mass is 9.70. The molecule has 0 saturated carbocycles. The van der Waals surface area contributed by atoms with Crippen LogP contribution in [0, 0.1) is 5.41 Å². The van der Waals surface area contributed by atoms with Crippen molar-refractivity contribution in [3.05, 3.63) is 0 Å². The lowest BCUT2D eigenvalue weighted by Gasteiger charge is -2.58. The second kappa shape index (κ2) is 6.86. The lowest BCUT2D eigenvalue weighted by Crippen LogP contribution is -2.66. The fourth-order valence-corrected chi connectivity index (χ4v) is 5.55. The summed E-state index contributed by atoms with van der Waals surface area (Å²) in [5.74, 6) is 0. The number of rotatable bonds is 4. The summed E-state index contributed by atoms with van der Waals surface area (Å²) in [5.41, 5.74) is 0.693. The molecule has 138 valence electrons. The van der Waals surface area contributed by atoms with Crippen molar-refractivity contribution in [1.82, 2.24) is 19.6 Å². The largest absolute Gasteiger partial charge is 0.301 e. The number of hydrogen-bond donors (Lipinski definition) is 0. The van der Waals surface area contributed by atoms with Gasteiger partial charge in [-0.15, -0.1) is 0 Å². The van der Waals surface area contributed by atoms with Crippen molar-refractivity contribution < 1.29 is 0 Å². The van der Waals surface area contributed by atoms with Crippen molar-refractivity contribution in [2.45, 2.75) is 64.6 Å². The molecule has 0 N–H and O–H groups in total. The van der Waals surface area contributed by atoms with Crippen LogP contribution in [0.2, 0.25) is 0 Å². The molecule has 4 heteroatoms. The monoisotopic (exact) mass is 334 g/mol. The van der Waals surface area contributed by atoms with Crippen LogP contribution >= 0.6 is 0 Å². The molecule has 4 nitrogen and oxygen atoms in total. The van der Waals surface area contributed by atoms with E-state index < -0.39 is 0 Å². The summed E-state index contributed by atoms with van der Waals surface area (Å²) in [7, 11) is 0. The third-order valence-electron chi connectivity index (χ3n) is 7.58. The molecule has 0 aromatic heterocycles. The Bertz CT molecular complexity index is 407. The van der Waals surface area contributed by atoms with Crippen LogP contribution in [0.3, 0.4) is 0 Å². The Hall–Kier alpha value is -0.160. The molecule has 0 atom stereocenters. The molecule has 0 amide bonds. The summed E-state index contributed by atoms with van der Waals surface area (Å²) in [6.45, 7) is 19.0. The van der Waals surface area contributed by atoms with Gasteiger partial charge < -0.3 is 9.80 Å². The highest BCUT2D eigenvalue weighted by molar-refractivity contribution is 5.02. The maximum Gasteiger partial charge on any atom is 0.0350 e. The van der Waals surface area contributed by atoms with E-state index in [1.165, 1.54) is 84.6 Å². The van der Waals surface area contributed by atoms with Crippen molar-refractivity contribution >= 4 is 0 Å². The van der Waals surface area contributed by atoms with E-state index in [0.29, 0.717) is 5.41 Å². The Morgan fingerprint density at radius 3 is 2.04 bits per heavy atom. The van der Waals surface area contributed by atoms with Gasteiger partial charge in [0.1, 0.15) is 0 Å². The van der Waals surface area contributed by atoms with Gasteiger partial charge in [0.05, 0.1) is 0 Å². The Kier molecular flexibility index (Phi) is 4.94. The van der Waals surface area contributed by atoms with E-state index in [1.807, 2.05) is 0 Å². The fourth-order valence-electron chi connectivity index (χ4n) is 5.55. The van der Waals surface area contributed by atoms with Crippen LogP contribution in [-0.4, -0.2) is 96.6 Å². The molecule has 4 rings (SSSR count). The Morgan fingerprint density at radius 2 is 1.50 bits per heavy atom. The van der Waals surface area contributed by atoms with Gasteiger partial charge in [-0.3, -0.25) is 9.80 Å².